The van der Waals surface area contributed by atoms with E-state index in [9.17, 15) is 8.42 Å². The van der Waals surface area contributed by atoms with Gasteiger partial charge in [0.15, 0.2) is 0 Å². The lowest BCUT2D eigenvalue weighted by Crippen LogP contribution is -2.14. The number of sulfonamides is 1. The van der Waals surface area contributed by atoms with Gasteiger partial charge in [-0.1, -0.05) is 24.3 Å². The molecule has 0 saturated carbocycles. The van der Waals surface area contributed by atoms with Crippen LogP contribution in [0.1, 0.15) is 5.56 Å². The fourth-order valence-corrected chi connectivity index (χ4v) is 2.96. The average molecular weight is 293 g/mol. The van der Waals surface area contributed by atoms with Gasteiger partial charge in [0.05, 0.1) is 13.7 Å². The number of hydrogen-bond donors (Lipinski definition) is 2. The van der Waals surface area contributed by atoms with E-state index in [-0.39, 0.29) is 17.3 Å². The van der Waals surface area contributed by atoms with Crippen LogP contribution in [0.3, 0.4) is 0 Å². The van der Waals surface area contributed by atoms with Crippen LogP contribution in [0.5, 0.6) is 5.75 Å². The standard InChI is InChI=1S/C14H15NO4S/c1-19-13-9-11(10-16)7-8-14(13)20(17,18)15-12-5-3-2-4-6-12/h2-9,15-16H,10H2,1H3. The lowest BCUT2D eigenvalue weighted by Gasteiger charge is -2.12. The number of benzene rings is 2. The van der Waals surface area contributed by atoms with Crippen LogP contribution in [0.2, 0.25) is 0 Å². The molecule has 0 fully saturated rings. The minimum atomic E-state index is -3.74. The highest BCUT2D eigenvalue weighted by Crippen LogP contribution is 2.26. The van der Waals surface area contributed by atoms with Gasteiger partial charge in [-0.15, -0.1) is 0 Å². The van der Waals surface area contributed by atoms with Gasteiger partial charge in [-0.2, -0.15) is 0 Å². The highest BCUT2D eigenvalue weighted by Gasteiger charge is 2.19. The molecule has 2 aromatic rings. The number of hydrogen-bond acceptors (Lipinski definition) is 4. The van der Waals surface area contributed by atoms with E-state index in [1.165, 1.54) is 19.2 Å². The van der Waals surface area contributed by atoms with E-state index in [4.69, 9.17) is 9.84 Å². The van der Waals surface area contributed by atoms with Crippen molar-refractivity contribution < 1.29 is 18.3 Å². The largest absolute Gasteiger partial charge is 0.495 e. The first kappa shape index (κ1) is 14.4. The zero-order chi connectivity index (χ0) is 14.6. The Morgan fingerprint density at radius 3 is 2.45 bits per heavy atom. The topological polar surface area (TPSA) is 75.6 Å². The molecule has 2 N–H and O–H groups in total. The molecule has 0 spiro atoms. The lowest BCUT2D eigenvalue weighted by atomic mass is 10.2. The fourth-order valence-electron chi connectivity index (χ4n) is 1.75. The Balaban J connectivity index is 2.39. The summed E-state index contributed by atoms with van der Waals surface area (Å²) in [7, 11) is -2.35. The van der Waals surface area contributed by atoms with Gasteiger partial charge in [-0.3, -0.25) is 4.72 Å². The molecule has 0 radical (unpaired) electrons. The maximum absolute atomic E-state index is 12.3. The number of methoxy groups -OCH3 is 1. The van der Waals surface area contributed by atoms with Crippen molar-refractivity contribution in [2.75, 3.05) is 11.8 Å². The van der Waals surface area contributed by atoms with Crippen LogP contribution < -0.4 is 9.46 Å². The molecule has 6 heteroatoms. The predicted octanol–water partition coefficient (Wildman–Crippen LogP) is 1.99. The third-order valence-corrected chi connectivity index (χ3v) is 4.15. The highest BCUT2D eigenvalue weighted by atomic mass is 32.2. The molecule has 106 valence electrons. The summed E-state index contributed by atoms with van der Waals surface area (Å²) in [5.41, 5.74) is 1.06. The normalized spacial score (nSPS) is 11.1. The summed E-state index contributed by atoms with van der Waals surface area (Å²) in [5, 5.41) is 9.07. The fraction of sp³-hybridized carbons (Fsp3) is 0.143. The van der Waals surface area contributed by atoms with Gasteiger partial charge in [0.25, 0.3) is 10.0 Å². The van der Waals surface area contributed by atoms with Crippen molar-refractivity contribution in [3.8, 4) is 5.75 Å². The molecule has 20 heavy (non-hydrogen) atoms. The average Bonchev–Trinajstić information content (AvgIpc) is 2.47. The quantitative estimate of drug-likeness (QED) is 0.884. The summed E-state index contributed by atoms with van der Waals surface area (Å²) in [6.07, 6.45) is 0. The Hall–Kier alpha value is -2.05. The van der Waals surface area contributed by atoms with Crippen molar-refractivity contribution in [3.63, 3.8) is 0 Å². The van der Waals surface area contributed by atoms with Gasteiger partial charge in [-0.25, -0.2) is 8.42 Å². The molecule has 2 rings (SSSR count). The van der Waals surface area contributed by atoms with Crippen LogP contribution in [0.15, 0.2) is 53.4 Å². The Bertz CT molecular complexity index is 684. The van der Waals surface area contributed by atoms with E-state index in [1.54, 1.807) is 36.4 Å². The van der Waals surface area contributed by atoms with Crippen molar-refractivity contribution in [3.05, 3.63) is 54.1 Å². The number of nitrogens with one attached hydrogen (secondary N) is 1. The number of aliphatic hydroxyl groups is 1. The van der Waals surface area contributed by atoms with Crippen molar-refractivity contribution in [1.82, 2.24) is 0 Å². The zero-order valence-electron chi connectivity index (χ0n) is 10.9. The van der Waals surface area contributed by atoms with Crippen molar-refractivity contribution in [1.29, 1.82) is 0 Å². The summed E-state index contributed by atoms with van der Waals surface area (Å²) in [4.78, 5) is 0.0288. The van der Waals surface area contributed by atoms with E-state index in [0.29, 0.717) is 11.3 Å². The molecular formula is C14H15NO4S. The van der Waals surface area contributed by atoms with E-state index >= 15 is 0 Å². The Morgan fingerprint density at radius 1 is 1.15 bits per heavy atom. The van der Waals surface area contributed by atoms with Crippen LogP contribution in [-0.4, -0.2) is 20.6 Å². The molecule has 0 amide bonds. The van der Waals surface area contributed by atoms with E-state index in [0.717, 1.165) is 0 Å². The van der Waals surface area contributed by atoms with Gasteiger partial charge in [-0.05, 0) is 29.8 Å². The highest BCUT2D eigenvalue weighted by molar-refractivity contribution is 7.92. The molecule has 0 atom stereocenters. The predicted molar refractivity (Wildman–Crippen MR) is 76.2 cm³/mol. The minimum Gasteiger partial charge on any atom is -0.495 e. The van der Waals surface area contributed by atoms with Crippen LogP contribution >= 0.6 is 0 Å². The Kier molecular flexibility index (Phi) is 4.26. The van der Waals surface area contributed by atoms with Gasteiger partial charge in [0.2, 0.25) is 0 Å². The molecule has 0 aliphatic heterocycles. The third kappa shape index (κ3) is 3.09. The Labute approximate surface area is 117 Å². The van der Waals surface area contributed by atoms with Crippen LogP contribution in [-0.2, 0) is 16.6 Å². The molecule has 0 aromatic heterocycles. The van der Waals surface area contributed by atoms with E-state index in [1.807, 2.05) is 0 Å². The second-order valence-electron chi connectivity index (χ2n) is 4.11. The maximum atomic E-state index is 12.3. The number of para-hydroxylation sites is 1. The molecule has 0 aliphatic rings. The molecule has 0 bridgehead atoms. The van der Waals surface area contributed by atoms with Gasteiger partial charge in [0.1, 0.15) is 10.6 Å². The van der Waals surface area contributed by atoms with E-state index < -0.39 is 10.0 Å². The van der Waals surface area contributed by atoms with Crippen molar-refractivity contribution >= 4 is 15.7 Å². The van der Waals surface area contributed by atoms with Crippen molar-refractivity contribution in [2.45, 2.75) is 11.5 Å². The van der Waals surface area contributed by atoms with Gasteiger partial charge >= 0.3 is 0 Å². The summed E-state index contributed by atoms with van der Waals surface area (Å²) >= 11 is 0. The zero-order valence-corrected chi connectivity index (χ0v) is 11.7. The Morgan fingerprint density at radius 2 is 1.85 bits per heavy atom. The third-order valence-electron chi connectivity index (χ3n) is 2.73. The van der Waals surface area contributed by atoms with E-state index in [2.05, 4.69) is 4.72 Å². The van der Waals surface area contributed by atoms with Crippen LogP contribution in [0.25, 0.3) is 0 Å². The summed E-state index contributed by atoms with van der Waals surface area (Å²) in [6.45, 7) is -0.178. The summed E-state index contributed by atoms with van der Waals surface area (Å²) in [5.74, 6) is 0.194. The first-order valence-corrected chi connectivity index (χ1v) is 7.41. The minimum absolute atomic E-state index is 0.0288. The molecule has 0 saturated heterocycles. The molecule has 0 unspecified atom stereocenters. The smallest absolute Gasteiger partial charge is 0.265 e. The van der Waals surface area contributed by atoms with Crippen molar-refractivity contribution in [2.24, 2.45) is 0 Å². The molecule has 0 heterocycles. The van der Waals surface area contributed by atoms with Crippen LogP contribution in [0.4, 0.5) is 5.69 Å². The number of aliphatic hydroxyl groups excluding tert-OH is 1. The first-order chi connectivity index (χ1) is 9.56. The van der Waals surface area contributed by atoms with Crippen LogP contribution in [0, 0.1) is 0 Å². The molecule has 0 aliphatic carbocycles. The summed E-state index contributed by atoms with van der Waals surface area (Å²) < 4.78 is 32.2. The number of ether oxygens (including phenoxy) is 1. The SMILES string of the molecule is COc1cc(CO)ccc1S(=O)(=O)Nc1ccccc1. The second kappa shape index (κ2) is 5.94. The van der Waals surface area contributed by atoms with Gasteiger partial charge in [0, 0.05) is 5.69 Å². The lowest BCUT2D eigenvalue weighted by molar-refractivity contribution is 0.280. The number of rotatable bonds is 5. The molecule has 2 aromatic carbocycles. The second-order valence-corrected chi connectivity index (χ2v) is 5.77. The molecular weight excluding hydrogens is 278 g/mol. The molecule has 5 nitrogen and oxygen atoms in total. The van der Waals surface area contributed by atoms with Gasteiger partial charge < -0.3 is 9.84 Å². The maximum Gasteiger partial charge on any atom is 0.265 e. The number of anilines is 1. The first-order valence-electron chi connectivity index (χ1n) is 5.92. The monoisotopic (exact) mass is 293 g/mol. The summed E-state index contributed by atoms with van der Waals surface area (Å²) in [6, 6.07) is 13.1.